The van der Waals surface area contributed by atoms with E-state index >= 15 is 0 Å². The van der Waals surface area contributed by atoms with Crippen molar-refractivity contribution in [2.24, 2.45) is 0 Å². The lowest BCUT2D eigenvalue weighted by molar-refractivity contribution is -0.198. The first-order valence-electron chi connectivity index (χ1n) is 12.4. The van der Waals surface area contributed by atoms with Gasteiger partial charge in [0.15, 0.2) is 11.5 Å². The van der Waals surface area contributed by atoms with Crippen LogP contribution in [-0.4, -0.2) is 41.5 Å². The molecule has 1 atom stereocenters. The molecule has 3 aliphatic rings. The number of rotatable bonds is 3. The minimum absolute atomic E-state index is 0.402. The molecule has 1 saturated carbocycles. The number of ether oxygens (including phenoxy) is 3. The maximum atomic E-state index is 13.6. The van der Waals surface area contributed by atoms with Crippen LogP contribution in [0, 0.1) is 0 Å². The van der Waals surface area contributed by atoms with E-state index in [-0.39, 0.29) is 0 Å². The molecular formula is C28H35NO5. The Morgan fingerprint density at radius 2 is 1.59 bits per heavy atom. The van der Waals surface area contributed by atoms with E-state index in [0.717, 1.165) is 16.8 Å². The number of amides is 1. The average Bonchev–Trinajstić information content (AvgIpc) is 3.34. The minimum Gasteiger partial charge on any atom is -0.443 e. The van der Waals surface area contributed by atoms with E-state index in [0.29, 0.717) is 51.7 Å². The van der Waals surface area contributed by atoms with E-state index in [2.05, 4.69) is 18.2 Å². The van der Waals surface area contributed by atoms with Crippen molar-refractivity contribution in [1.82, 2.24) is 0 Å². The van der Waals surface area contributed by atoms with Crippen molar-refractivity contribution >= 4 is 11.8 Å². The molecule has 2 aromatic rings. The number of para-hydroxylation sites is 1. The van der Waals surface area contributed by atoms with Crippen molar-refractivity contribution in [3.8, 4) is 0 Å². The summed E-state index contributed by atoms with van der Waals surface area (Å²) in [4.78, 5) is 15.2. The Hall–Kier alpha value is -2.41. The summed E-state index contributed by atoms with van der Waals surface area (Å²) >= 11 is 0. The van der Waals surface area contributed by atoms with Crippen molar-refractivity contribution in [2.75, 3.05) is 18.1 Å². The first kappa shape index (κ1) is 23.3. The third kappa shape index (κ3) is 3.82. The zero-order chi connectivity index (χ0) is 24.0. The SMILES string of the molecule is CC(C)(C)OC(=O)N1c2ccccc2C2(CCC3(CC2)OCCO3)C1(O)CCc1ccccc1. The van der Waals surface area contributed by atoms with Crippen molar-refractivity contribution in [2.45, 2.75) is 81.8 Å². The third-order valence-electron chi connectivity index (χ3n) is 7.66. The number of carbonyl (C=O) groups excluding carboxylic acids is 1. The van der Waals surface area contributed by atoms with Gasteiger partial charge in [-0.25, -0.2) is 9.69 Å². The lowest BCUT2D eigenvalue weighted by Crippen LogP contribution is -2.63. The summed E-state index contributed by atoms with van der Waals surface area (Å²) in [5.41, 5.74) is 0.122. The molecular weight excluding hydrogens is 430 g/mol. The zero-order valence-corrected chi connectivity index (χ0v) is 20.4. The smallest absolute Gasteiger partial charge is 0.417 e. The summed E-state index contributed by atoms with van der Waals surface area (Å²) < 4.78 is 17.8. The average molecular weight is 466 g/mol. The van der Waals surface area contributed by atoms with Crippen LogP contribution in [0.25, 0.3) is 0 Å². The van der Waals surface area contributed by atoms with E-state index in [1.54, 1.807) is 0 Å². The maximum Gasteiger partial charge on any atom is 0.417 e. The lowest BCUT2D eigenvalue weighted by Gasteiger charge is -2.50. The number of fused-ring (bicyclic) bond motifs is 2. The molecule has 6 heteroatoms. The monoisotopic (exact) mass is 465 g/mol. The van der Waals surface area contributed by atoms with Gasteiger partial charge in [0.25, 0.3) is 0 Å². The number of nitrogens with zero attached hydrogens (tertiary/aromatic N) is 1. The summed E-state index contributed by atoms with van der Waals surface area (Å²) in [6.45, 7) is 6.76. The van der Waals surface area contributed by atoms with Gasteiger partial charge >= 0.3 is 6.09 Å². The van der Waals surface area contributed by atoms with Crippen molar-refractivity contribution in [1.29, 1.82) is 0 Å². The molecule has 2 aromatic carbocycles. The van der Waals surface area contributed by atoms with Gasteiger partial charge in [0.05, 0.1) is 18.9 Å². The second-order valence-electron chi connectivity index (χ2n) is 10.8. The first-order valence-corrected chi connectivity index (χ1v) is 12.4. The van der Waals surface area contributed by atoms with Crippen LogP contribution in [0.3, 0.4) is 0 Å². The van der Waals surface area contributed by atoms with Crippen LogP contribution >= 0.6 is 0 Å². The molecule has 0 aromatic heterocycles. The minimum atomic E-state index is -1.44. The molecule has 0 bridgehead atoms. The number of aliphatic hydroxyl groups is 1. The number of hydrogen-bond acceptors (Lipinski definition) is 5. The van der Waals surface area contributed by atoms with Gasteiger partial charge in [-0.05, 0) is 57.2 Å². The Morgan fingerprint density at radius 1 is 0.971 bits per heavy atom. The number of carbonyl (C=O) groups is 1. The van der Waals surface area contributed by atoms with E-state index in [1.165, 1.54) is 4.90 Å². The Bertz CT molecular complexity index is 1030. The largest absolute Gasteiger partial charge is 0.443 e. The Labute approximate surface area is 201 Å². The molecule has 2 aliphatic heterocycles. The van der Waals surface area contributed by atoms with Crippen molar-refractivity contribution in [3.05, 3.63) is 65.7 Å². The van der Waals surface area contributed by atoms with Crippen molar-refractivity contribution < 1.29 is 24.1 Å². The lowest BCUT2D eigenvalue weighted by atomic mass is 9.62. The number of hydrogen-bond donors (Lipinski definition) is 1. The van der Waals surface area contributed by atoms with Crippen LogP contribution in [0.4, 0.5) is 10.5 Å². The molecule has 5 rings (SSSR count). The van der Waals surface area contributed by atoms with Gasteiger partial charge in [0.1, 0.15) is 5.60 Å². The summed E-state index contributed by atoms with van der Waals surface area (Å²) in [5, 5.41) is 12.7. The van der Waals surface area contributed by atoms with Gasteiger partial charge in [-0.3, -0.25) is 0 Å². The first-order chi connectivity index (χ1) is 16.2. The van der Waals surface area contributed by atoms with Crippen LogP contribution in [0.5, 0.6) is 0 Å². The highest BCUT2D eigenvalue weighted by Gasteiger charge is 2.65. The molecule has 2 fully saturated rings. The normalized spacial score (nSPS) is 25.0. The highest BCUT2D eigenvalue weighted by atomic mass is 16.7. The summed E-state index contributed by atoms with van der Waals surface area (Å²) in [6.07, 6.45) is 3.21. The van der Waals surface area contributed by atoms with E-state index in [1.807, 2.05) is 57.2 Å². The quantitative estimate of drug-likeness (QED) is 0.665. The van der Waals surface area contributed by atoms with E-state index < -0.39 is 28.6 Å². The molecule has 1 amide bonds. The van der Waals surface area contributed by atoms with Crippen LogP contribution in [0.15, 0.2) is 54.6 Å². The van der Waals surface area contributed by atoms with Crippen LogP contribution < -0.4 is 4.90 Å². The number of aryl methyl sites for hydroxylation is 1. The summed E-state index contributed by atoms with van der Waals surface area (Å²) in [7, 11) is 0. The molecule has 0 radical (unpaired) electrons. The zero-order valence-electron chi connectivity index (χ0n) is 20.4. The summed E-state index contributed by atoms with van der Waals surface area (Å²) in [6, 6.07) is 18.0. The third-order valence-corrected chi connectivity index (χ3v) is 7.66. The highest BCUT2D eigenvalue weighted by molar-refractivity contribution is 5.93. The van der Waals surface area contributed by atoms with Gasteiger partial charge in [0, 0.05) is 24.7 Å². The fourth-order valence-corrected chi connectivity index (χ4v) is 6.09. The standard InChI is InChI=1S/C28H35NO5/c1-25(2,3)34-24(30)29-23-12-8-7-11-22(23)26(15-17-27(18-16-26)32-19-20-33-27)28(29,31)14-13-21-9-5-4-6-10-21/h4-12,31H,13-20H2,1-3H3. The fourth-order valence-electron chi connectivity index (χ4n) is 6.09. The predicted octanol–water partition coefficient (Wildman–Crippen LogP) is 5.32. The molecule has 1 unspecified atom stereocenters. The summed E-state index contributed by atoms with van der Waals surface area (Å²) in [5.74, 6) is -0.570. The molecule has 2 spiro atoms. The predicted molar refractivity (Wildman–Crippen MR) is 130 cm³/mol. The van der Waals surface area contributed by atoms with Crippen molar-refractivity contribution in [3.63, 3.8) is 0 Å². The molecule has 182 valence electrons. The van der Waals surface area contributed by atoms with Gasteiger partial charge in [-0.2, -0.15) is 0 Å². The van der Waals surface area contributed by atoms with Crippen LogP contribution in [0.2, 0.25) is 0 Å². The van der Waals surface area contributed by atoms with E-state index in [4.69, 9.17) is 14.2 Å². The van der Waals surface area contributed by atoms with Gasteiger partial charge < -0.3 is 19.3 Å². The number of benzene rings is 2. The Kier molecular flexibility index (Phi) is 5.74. The molecule has 1 N–H and O–H groups in total. The van der Waals surface area contributed by atoms with Crippen LogP contribution in [-0.2, 0) is 26.0 Å². The van der Waals surface area contributed by atoms with E-state index in [9.17, 15) is 9.90 Å². The molecule has 1 saturated heterocycles. The fraction of sp³-hybridized carbons (Fsp3) is 0.536. The molecule has 2 heterocycles. The molecule has 6 nitrogen and oxygen atoms in total. The highest BCUT2D eigenvalue weighted by Crippen LogP contribution is 2.61. The second kappa shape index (κ2) is 8.36. The van der Waals surface area contributed by atoms with Gasteiger partial charge in [-0.1, -0.05) is 48.5 Å². The molecule has 34 heavy (non-hydrogen) atoms. The topological polar surface area (TPSA) is 68.2 Å². The van der Waals surface area contributed by atoms with Gasteiger partial charge in [0.2, 0.25) is 0 Å². The Balaban J connectivity index is 1.57. The van der Waals surface area contributed by atoms with Gasteiger partial charge in [-0.15, -0.1) is 0 Å². The number of anilines is 1. The molecule has 1 aliphatic carbocycles. The Morgan fingerprint density at radius 3 is 2.24 bits per heavy atom. The second-order valence-corrected chi connectivity index (χ2v) is 10.8. The maximum absolute atomic E-state index is 13.6. The van der Waals surface area contributed by atoms with Crippen LogP contribution in [0.1, 0.15) is 64.0 Å².